The van der Waals surface area contributed by atoms with Gasteiger partial charge in [0.15, 0.2) is 0 Å². The lowest BCUT2D eigenvalue weighted by Crippen LogP contribution is -2.34. The molecule has 8 heteroatoms. The average molecular weight is 421 g/mol. The fourth-order valence-corrected chi connectivity index (χ4v) is 4.13. The van der Waals surface area contributed by atoms with Crippen LogP contribution in [0.2, 0.25) is 10.0 Å². The number of benzene rings is 3. The van der Waals surface area contributed by atoms with Crippen molar-refractivity contribution in [2.45, 2.75) is 6.54 Å². The summed E-state index contributed by atoms with van der Waals surface area (Å²) < 4.78 is 34.5. The second-order valence-electron chi connectivity index (χ2n) is 5.99. The van der Waals surface area contributed by atoms with Crippen LogP contribution >= 0.6 is 23.2 Å². The Morgan fingerprint density at radius 2 is 1.48 bits per heavy atom. The van der Waals surface area contributed by atoms with Crippen molar-refractivity contribution in [1.29, 1.82) is 0 Å². The summed E-state index contributed by atoms with van der Waals surface area (Å²) in [5.41, 5.74) is 2.85. The molecule has 0 unspecified atom stereocenters. The fourth-order valence-electron chi connectivity index (χ4n) is 2.84. The number of hydrogen-bond donors (Lipinski definition) is 2. The highest BCUT2D eigenvalue weighted by Crippen LogP contribution is 2.37. The molecule has 0 radical (unpaired) electrons. The van der Waals surface area contributed by atoms with Crippen LogP contribution in [0.15, 0.2) is 60.7 Å². The van der Waals surface area contributed by atoms with Crippen LogP contribution in [0.5, 0.6) is 11.5 Å². The number of ether oxygens (including phenoxy) is 1. The van der Waals surface area contributed by atoms with Gasteiger partial charge in [-0.1, -0.05) is 35.3 Å². The van der Waals surface area contributed by atoms with E-state index in [4.69, 9.17) is 27.9 Å². The van der Waals surface area contributed by atoms with Gasteiger partial charge in [0.2, 0.25) is 0 Å². The number of fused-ring (bicyclic) bond motifs is 1. The van der Waals surface area contributed by atoms with Crippen LogP contribution in [0, 0.1) is 0 Å². The molecule has 4 rings (SSSR count). The quantitative estimate of drug-likeness (QED) is 0.610. The summed E-state index contributed by atoms with van der Waals surface area (Å²) in [6, 6.07) is 17.9. The molecule has 0 aromatic heterocycles. The van der Waals surface area contributed by atoms with Gasteiger partial charge in [0.05, 0.1) is 5.69 Å². The van der Waals surface area contributed by atoms with Crippen LogP contribution in [0.25, 0.3) is 11.1 Å². The van der Waals surface area contributed by atoms with Gasteiger partial charge in [-0.05, 0) is 59.7 Å². The van der Waals surface area contributed by atoms with Crippen LogP contribution < -0.4 is 14.2 Å². The van der Waals surface area contributed by atoms with Crippen LogP contribution in [-0.4, -0.2) is 8.42 Å². The van der Waals surface area contributed by atoms with Gasteiger partial charge < -0.3 is 4.74 Å². The lowest BCUT2D eigenvalue weighted by Gasteiger charge is -2.22. The minimum Gasteiger partial charge on any atom is -0.457 e. The van der Waals surface area contributed by atoms with Crippen molar-refractivity contribution < 1.29 is 13.2 Å². The first-order chi connectivity index (χ1) is 12.9. The highest BCUT2D eigenvalue weighted by molar-refractivity contribution is 7.90. The molecule has 0 spiro atoms. The van der Waals surface area contributed by atoms with E-state index in [9.17, 15) is 8.42 Å². The van der Waals surface area contributed by atoms with Crippen molar-refractivity contribution in [1.82, 2.24) is 4.72 Å². The molecule has 0 amide bonds. The molecule has 0 saturated heterocycles. The minimum absolute atomic E-state index is 0.190. The molecule has 0 aliphatic carbocycles. The molecule has 1 heterocycles. The highest BCUT2D eigenvalue weighted by Gasteiger charge is 2.23. The third-order valence-electron chi connectivity index (χ3n) is 4.09. The summed E-state index contributed by atoms with van der Waals surface area (Å²) in [7, 11) is -3.57. The first kappa shape index (κ1) is 18.1. The van der Waals surface area contributed by atoms with E-state index in [1.165, 1.54) is 0 Å². The summed E-state index contributed by atoms with van der Waals surface area (Å²) in [6.45, 7) is 0.190. The van der Waals surface area contributed by atoms with Crippen molar-refractivity contribution in [2.24, 2.45) is 0 Å². The van der Waals surface area contributed by atoms with Crippen LogP contribution in [0.1, 0.15) is 5.56 Å². The third kappa shape index (κ3) is 4.04. The average Bonchev–Trinajstić information content (AvgIpc) is 2.64. The monoisotopic (exact) mass is 420 g/mol. The maximum Gasteiger partial charge on any atom is 0.299 e. The predicted octanol–water partition coefficient (Wildman–Crippen LogP) is 5.21. The van der Waals surface area contributed by atoms with Gasteiger partial charge >= 0.3 is 0 Å². The molecule has 0 atom stereocenters. The Kier molecular flexibility index (Phi) is 4.74. The smallest absolute Gasteiger partial charge is 0.299 e. The van der Waals surface area contributed by atoms with E-state index in [1.54, 1.807) is 36.4 Å². The standard InChI is InChI=1S/C19H14Cl2N2O3S/c20-14-3-7-17(8-4-14)26-16-5-1-12(2-6-16)18-10-15(21)9-13-11-22-27(24,25)23-19(13)18/h1-10,22-23H,11H2. The van der Waals surface area contributed by atoms with Crippen molar-refractivity contribution in [2.75, 3.05) is 4.72 Å². The second-order valence-corrected chi connectivity index (χ2v) is 8.37. The predicted molar refractivity (Wildman–Crippen MR) is 108 cm³/mol. The zero-order chi connectivity index (χ0) is 19.0. The van der Waals surface area contributed by atoms with E-state index < -0.39 is 10.2 Å². The Morgan fingerprint density at radius 1 is 0.852 bits per heavy atom. The molecule has 3 aromatic carbocycles. The number of nitrogens with one attached hydrogen (secondary N) is 2. The van der Waals surface area contributed by atoms with E-state index in [2.05, 4.69) is 9.44 Å². The van der Waals surface area contributed by atoms with Gasteiger partial charge in [-0.2, -0.15) is 13.1 Å². The molecular formula is C19H14Cl2N2O3S. The van der Waals surface area contributed by atoms with Gasteiger partial charge in [0, 0.05) is 22.2 Å². The normalized spacial score (nSPS) is 14.9. The Labute approximate surface area is 167 Å². The van der Waals surface area contributed by atoms with Gasteiger partial charge in [0.1, 0.15) is 11.5 Å². The zero-order valence-corrected chi connectivity index (χ0v) is 16.2. The topological polar surface area (TPSA) is 67.4 Å². The van der Waals surface area contributed by atoms with Crippen molar-refractivity contribution in [3.63, 3.8) is 0 Å². The van der Waals surface area contributed by atoms with Crippen molar-refractivity contribution >= 4 is 39.1 Å². The lowest BCUT2D eigenvalue weighted by molar-refractivity contribution is 0.483. The first-order valence-corrected chi connectivity index (χ1v) is 10.3. The Bertz CT molecular complexity index is 1100. The molecule has 0 bridgehead atoms. The second kappa shape index (κ2) is 7.05. The lowest BCUT2D eigenvalue weighted by atomic mass is 10.00. The molecule has 0 fully saturated rings. The van der Waals surface area contributed by atoms with E-state index >= 15 is 0 Å². The summed E-state index contributed by atoms with van der Waals surface area (Å²) in [6.07, 6.45) is 0. The molecule has 138 valence electrons. The van der Waals surface area contributed by atoms with E-state index in [1.807, 2.05) is 24.3 Å². The molecule has 1 aliphatic heterocycles. The minimum atomic E-state index is -3.57. The number of hydrogen-bond acceptors (Lipinski definition) is 3. The van der Waals surface area contributed by atoms with Gasteiger partial charge in [-0.3, -0.25) is 4.72 Å². The molecule has 0 saturated carbocycles. The SMILES string of the molecule is O=S1(=O)NCc2cc(Cl)cc(-c3ccc(Oc4ccc(Cl)cc4)cc3)c2N1. The van der Waals surface area contributed by atoms with E-state index in [0.717, 1.165) is 11.1 Å². The maximum atomic E-state index is 11.9. The zero-order valence-electron chi connectivity index (χ0n) is 13.9. The van der Waals surface area contributed by atoms with Crippen LogP contribution in [0.4, 0.5) is 5.69 Å². The molecular weight excluding hydrogens is 407 g/mol. The Balaban J connectivity index is 1.66. The Morgan fingerprint density at radius 3 is 2.15 bits per heavy atom. The molecule has 27 heavy (non-hydrogen) atoms. The molecule has 2 N–H and O–H groups in total. The summed E-state index contributed by atoms with van der Waals surface area (Å²) in [4.78, 5) is 0. The summed E-state index contributed by atoms with van der Waals surface area (Å²) in [5, 5.41) is 1.17. The maximum absolute atomic E-state index is 11.9. The molecule has 3 aromatic rings. The van der Waals surface area contributed by atoms with Gasteiger partial charge in [-0.15, -0.1) is 0 Å². The Hall–Kier alpha value is -2.25. The third-order valence-corrected chi connectivity index (χ3v) is 5.56. The molecule has 5 nitrogen and oxygen atoms in total. The molecule has 1 aliphatic rings. The largest absolute Gasteiger partial charge is 0.457 e. The van der Waals surface area contributed by atoms with Gasteiger partial charge in [0.25, 0.3) is 10.2 Å². The summed E-state index contributed by atoms with van der Waals surface area (Å²) >= 11 is 12.1. The highest BCUT2D eigenvalue weighted by atomic mass is 35.5. The van der Waals surface area contributed by atoms with Crippen molar-refractivity contribution in [3.05, 3.63) is 76.3 Å². The van der Waals surface area contributed by atoms with Crippen LogP contribution in [0.3, 0.4) is 0 Å². The van der Waals surface area contributed by atoms with E-state index in [0.29, 0.717) is 32.8 Å². The number of halogens is 2. The number of anilines is 1. The van der Waals surface area contributed by atoms with E-state index in [-0.39, 0.29) is 6.54 Å². The number of rotatable bonds is 3. The first-order valence-electron chi connectivity index (χ1n) is 8.03. The van der Waals surface area contributed by atoms with Crippen LogP contribution in [-0.2, 0) is 16.8 Å². The summed E-state index contributed by atoms with van der Waals surface area (Å²) in [5.74, 6) is 1.32. The fraction of sp³-hybridized carbons (Fsp3) is 0.0526. The van der Waals surface area contributed by atoms with Gasteiger partial charge in [-0.25, -0.2) is 0 Å². The van der Waals surface area contributed by atoms with Crippen molar-refractivity contribution in [3.8, 4) is 22.6 Å².